The van der Waals surface area contributed by atoms with Gasteiger partial charge in [0.15, 0.2) is 5.78 Å². The van der Waals surface area contributed by atoms with Gasteiger partial charge in [-0.05, 0) is 56.7 Å². The summed E-state index contributed by atoms with van der Waals surface area (Å²) >= 11 is 0. The maximum absolute atomic E-state index is 12.6. The molecule has 1 fully saturated rings. The van der Waals surface area contributed by atoms with Crippen LogP contribution in [0.25, 0.3) is 0 Å². The van der Waals surface area contributed by atoms with Crippen LogP contribution in [-0.2, 0) is 35.3 Å². The number of urea groups is 1. The summed E-state index contributed by atoms with van der Waals surface area (Å²) < 4.78 is 5.19. The minimum absolute atomic E-state index is 0.0590. The van der Waals surface area contributed by atoms with Gasteiger partial charge >= 0.3 is 12.1 Å². The zero-order valence-electron chi connectivity index (χ0n) is 26.9. The van der Waals surface area contributed by atoms with Gasteiger partial charge in [-0.3, -0.25) is 24.0 Å². The molecule has 2 rings (SSSR count). The van der Waals surface area contributed by atoms with Crippen molar-refractivity contribution in [2.75, 3.05) is 25.0 Å². The van der Waals surface area contributed by atoms with Crippen molar-refractivity contribution in [1.82, 2.24) is 26.2 Å². The molecule has 0 radical (unpaired) electrons. The second-order valence-electron chi connectivity index (χ2n) is 10.9. The smallest absolute Gasteiger partial charge is 0.408 e. The molecule has 1 saturated heterocycles. The lowest BCUT2D eigenvalue weighted by atomic mass is 10.0. The van der Waals surface area contributed by atoms with E-state index in [0.29, 0.717) is 30.8 Å². The molecule has 0 aromatic heterocycles. The fourth-order valence-corrected chi connectivity index (χ4v) is 4.30. The van der Waals surface area contributed by atoms with Crippen molar-refractivity contribution in [3.05, 3.63) is 29.8 Å². The summed E-state index contributed by atoms with van der Waals surface area (Å²) in [5.74, 6) is -1.78. The van der Waals surface area contributed by atoms with Crippen molar-refractivity contribution in [2.45, 2.75) is 85.5 Å². The Morgan fingerprint density at radius 2 is 1.62 bits per heavy atom. The van der Waals surface area contributed by atoms with Crippen LogP contribution >= 0.6 is 0 Å². The lowest BCUT2D eigenvalue weighted by Gasteiger charge is -2.26. The molecule has 1 aliphatic rings. The molecule has 1 aromatic carbocycles. The number of carbonyl (C=O) groups is 7. The highest BCUT2D eigenvalue weighted by atomic mass is 16.5. The summed E-state index contributed by atoms with van der Waals surface area (Å²) in [6.07, 6.45) is 1.54. The Balaban J connectivity index is 0.00000129. The molecule has 1 aromatic rings. The van der Waals surface area contributed by atoms with Crippen molar-refractivity contribution >= 4 is 47.2 Å². The van der Waals surface area contributed by atoms with E-state index in [4.69, 9.17) is 10.5 Å². The van der Waals surface area contributed by atoms with Crippen LogP contribution in [0.15, 0.2) is 24.3 Å². The van der Waals surface area contributed by atoms with E-state index < -0.39 is 42.1 Å². The number of likely N-dealkylation sites (tertiary alicyclic amines) is 1. The van der Waals surface area contributed by atoms with E-state index in [-0.39, 0.29) is 36.7 Å². The van der Waals surface area contributed by atoms with Crippen molar-refractivity contribution in [3.63, 3.8) is 0 Å². The number of alkyl carbamates (subject to hydrolysis) is 1. The second kappa shape index (κ2) is 19.6. The van der Waals surface area contributed by atoms with Gasteiger partial charge in [-0.2, -0.15) is 0 Å². The molecule has 15 heteroatoms. The third-order valence-electron chi connectivity index (χ3n) is 6.60. The van der Waals surface area contributed by atoms with E-state index in [2.05, 4.69) is 26.6 Å². The van der Waals surface area contributed by atoms with Crippen LogP contribution in [0.1, 0.15) is 66.4 Å². The molecule has 3 unspecified atom stereocenters. The molecule has 15 nitrogen and oxygen atoms in total. The molecule has 7 N–H and O–H groups in total. The van der Waals surface area contributed by atoms with E-state index in [9.17, 15) is 33.6 Å². The van der Waals surface area contributed by atoms with Crippen molar-refractivity contribution < 1.29 is 38.3 Å². The van der Waals surface area contributed by atoms with Crippen LogP contribution in [0.3, 0.4) is 0 Å². The number of rotatable bonds is 13. The first kappa shape index (κ1) is 38.3. The van der Waals surface area contributed by atoms with Crippen molar-refractivity contribution in [2.24, 2.45) is 11.7 Å². The monoisotopic (exact) mass is 633 g/mol. The molecule has 3 atom stereocenters. The van der Waals surface area contributed by atoms with E-state index in [1.807, 2.05) is 6.92 Å². The van der Waals surface area contributed by atoms with Gasteiger partial charge in [0, 0.05) is 25.7 Å². The Kier molecular flexibility index (Phi) is 16.7. The second-order valence-corrected chi connectivity index (χ2v) is 10.9. The largest absolute Gasteiger partial charge is 0.445 e. The van der Waals surface area contributed by atoms with Gasteiger partial charge in [0.1, 0.15) is 18.7 Å². The number of carbonyl (C=O) groups excluding carboxylic acids is 7. The average Bonchev–Trinajstić information content (AvgIpc) is 3.47. The van der Waals surface area contributed by atoms with E-state index in [1.54, 1.807) is 45.0 Å². The average molecular weight is 634 g/mol. The molecule has 45 heavy (non-hydrogen) atoms. The highest BCUT2D eigenvalue weighted by Gasteiger charge is 2.34. The van der Waals surface area contributed by atoms with Gasteiger partial charge in [-0.15, -0.1) is 0 Å². The number of amides is 7. The minimum Gasteiger partial charge on any atom is -0.445 e. The number of Topliss-reactive ketones (excluding diaryl/α,β-unsaturated/α-hetero) is 1. The Bertz CT molecular complexity index is 1190. The normalized spacial score (nSPS) is 15.0. The molecule has 0 bridgehead atoms. The fraction of sp³-hybridized carbons (Fsp3) is 0.567. The number of anilines is 1. The predicted octanol–water partition coefficient (Wildman–Crippen LogP) is 1.16. The van der Waals surface area contributed by atoms with Crippen LogP contribution in [0.5, 0.6) is 0 Å². The Hall–Kier alpha value is -4.69. The fourth-order valence-electron chi connectivity index (χ4n) is 4.30. The summed E-state index contributed by atoms with van der Waals surface area (Å²) in [4.78, 5) is 83.6. The molecular formula is C30H47N7O8. The first-order valence-corrected chi connectivity index (χ1v) is 14.9. The van der Waals surface area contributed by atoms with E-state index in [1.165, 1.54) is 18.7 Å². The number of hydrogen-bond acceptors (Lipinski definition) is 8. The van der Waals surface area contributed by atoms with Crippen molar-refractivity contribution in [1.29, 1.82) is 0 Å². The molecule has 250 valence electrons. The zero-order chi connectivity index (χ0) is 34.1. The van der Waals surface area contributed by atoms with Gasteiger partial charge in [0.25, 0.3) is 0 Å². The van der Waals surface area contributed by atoms with Gasteiger partial charge in [-0.25, -0.2) is 9.59 Å². The van der Waals surface area contributed by atoms with Crippen LogP contribution < -0.4 is 32.3 Å². The number of primary amides is 1. The molecular weight excluding hydrogens is 586 g/mol. The number of nitrogens with zero attached hydrogens (tertiary/aromatic N) is 1. The number of nitrogens with two attached hydrogens (primary N) is 1. The molecule has 0 saturated carbocycles. The van der Waals surface area contributed by atoms with E-state index in [0.717, 1.165) is 12.8 Å². The van der Waals surface area contributed by atoms with Crippen LogP contribution in [0.2, 0.25) is 0 Å². The number of benzene rings is 1. The molecule has 0 aliphatic carbocycles. The van der Waals surface area contributed by atoms with Crippen LogP contribution in [-0.4, -0.2) is 84.2 Å². The van der Waals surface area contributed by atoms with Crippen LogP contribution in [0, 0.1) is 5.92 Å². The highest BCUT2D eigenvalue weighted by molar-refractivity contribution is 5.96. The standard InChI is InChI=1S/C26H37N5O7.C4H10N2O/c1-15(2)23(29-18(5)33)24(35)27-13-22(34)30-20-10-8-19(9-11-20)14-38-26(37)28-16(3)25(36)31-12-6-7-21(31)17(4)32;1-2-3-6-4(5)7/h8-11,15-16,21,23H,6-7,12-14H2,1-5H3,(H,27,35)(H,28,37)(H,29,33)(H,30,34);2-3H2,1H3,(H3,5,6,7). The Morgan fingerprint density at radius 1 is 0.978 bits per heavy atom. The topological polar surface area (TPSA) is 218 Å². The lowest BCUT2D eigenvalue weighted by Crippen LogP contribution is -2.50. The lowest BCUT2D eigenvalue weighted by molar-refractivity contribution is -0.138. The summed E-state index contributed by atoms with van der Waals surface area (Å²) in [5.41, 5.74) is 5.85. The zero-order valence-corrected chi connectivity index (χ0v) is 26.9. The first-order valence-electron chi connectivity index (χ1n) is 14.9. The number of ether oxygens (including phenoxy) is 1. The number of nitrogens with one attached hydrogen (secondary N) is 5. The maximum atomic E-state index is 12.6. The number of ketones is 1. The van der Waals surface area contributed by atoms with Gasteiger partial charge in [0.2, 0.25) is 23.6 Å². The highest BCUT2D eigenvalue weighted by Crippen LogP contribution is 2.19. The Morgan fingerprint density at radius 3 is 2.13 bits per heavy atom. The van der Waals surface area contributed by atoms with Gasteiger partial charge in [0.05, 0.1) is 12.6 Å². The quantitative estimate of drug-likeness (QED) is 0.185. The SMILES string of the molecule is CC(=O)NC(C(=O)NCC(=O)Nc1ccc(COC(=O)NC(C)C(=O)N2CCCC2C(C)=O)cc1)C(C)C.CCCNC(N)=O. The Labute approximate surface area is 263 Å². The molecule has 0 spiro atoms. The van der Waals surface area contributed by atoms with E-state index >= 15 is 0 Å². The third kappa shape index (κ3) is 14.6. The predicted molar refractivity (Wildman–Crippen MR) is 167 cm³/mol. The van der Waals surface area contributed by atoms with Crippen molar-refractivity contribution in [3.8, 4) is 0 Å². The molecule has 1 aliphatic heterocycles. The molecule has 7 amide bonds. The van der Waals surface area contributed by atoms with Crippen LogP contribution in [0.4, 0.5) is 15.3 Å². The summed E-state index contributed by atoms with van der Waals surface area (Å²) in [6.45, 7) is 10.7. The summed E-state index contributed by atoms with van der Waals surface area (Å²) in [5, 5.41) is 12.6. The van der Waals surface area contributed by atoms with Gasteiger partial charge in [-0.1, -0.05) is 32.9 Å². The molecule has 1 heterocycles. The third-order valence-corrected chi connectivity index (χ3v) is 6.60. The maximum Gasteiger partial charge on any atom is 0.408 e. The first-order chi connectivity index (χ1) is 21.2. The summed E-state index contributed by atoms with van der Waals surface area (Å²) in [7, 11) is 0. The summed E-state index contributed by atoms with van der Waals surface area (Å²) in [6, 6.07) is 4.08. The van der Waals surface area contributed by atoms with Gasteiger partial charge < -0.3 is 42.0 Å². The number of hydrogen-bond donors (Lipinski definition) is 6. The minimum atomic E-state index is -0.838.